The van der Waals surface area contributed by atoms with E-state index in [9.17, 15) is 4.79 Å². The third-order valence-electron chi connectivity index (χ3n) is 5.24. The van der Waals surface area contributed by atoms with Crippen LogP contribution in [0.25, 0.3) is 0 Å². The molecule has 1 aliphatic carbocycles. The number of likely N-dealkylation sites (tertiary alicyclic amines) is 1. The summed E-state index contributed by atoms with van der Waals surface area (Å²) in [6, 6.07) is 10.9. The van der Waals surface area contributed by atoms with Gasteiger partial charge in [0.2, 0.25) is 5.91 Å². The molecule has 1 saturated heterocycles. The van der Waals surface area contributed by atoms with E-state index in [0.717, 1.165) is 12.0 Å². The first-order chi connectivity index (χ1) is 10.2. The van der Waals surface area contributed by atoms with Crippen molar-refractivity contribution < 1.29 is 4.79 Å². The van der Waals surface area contributed by atoms with Crippen molar-refractivity contribution in [3.05, 3.63) is 48.0 Å². The van der Waals surface area contributed by atoms with E-state index >= 15 is 0 Å². The molecule has 2 aliphatic rings. The fraction of sp³-hybridized carbons (Fsp3) is 0.526. The van der Waals surface area contributed by atoms with E-state index in [1.54, 1.807) is 0 Å². The van der Waals surface area contributed by atoms with Crippen molar-refractivity contribution >= 4 is 5.91 Å². The molecule has 2 unspecified atom stereocenters. The SMILES string of the molecule is C=C1CC(C2CCCCC2)N(C(C)c2ccccc2)C1=O. The van der Waals surface area contributed by atoms with E-state index in [2.05, 4.69) is 42.7 Å². The van der Waals surface area contributed by atoms with Gasteiger partial charge in [0.25, 0.3) is 0 Å². The fourth-order valence-corrected chi connectivity index (χ4v) is 4.04. The summed E-state index contributed by atoms with van der Waals surface area (Å²) in [5.41, 5.74) is 2.02. The van der Waals surface area contributed by atoms with Crippen molar-refractivity contribution in [2.75, 3.05) is 0 Å². The second-order valence-electron chi connectivity index (χ2n) is 6.57. The standard InChI is InChI=1S/C19H25NO/c1-14-13-18(17-11-7-4-8-12-17)20(19(14)21)15(2)16-9-5-3-6-10-16/h3,5-6,9-10,15,17-18H,1,4,7-8,11-13H2,2H3. The van der Waals surface area contributed by atoms with Gasteiger partial charge in [-0.15, -0.1) is 0 Å². The summed E-state index contributed by atoms with van der Waals surface area (Å²) in [5, 5.41) is 0. The minimum Gasteiger partial charge on any atom is -0.329 e. The van der Waals surface area contributed by atoms with Crippen LogP contribution in [0.15, 0.2) is 42.5 Å². The molecule has 0 bridgehead atoms. The zero-order chi connectivity index (χ0) is 14.8. The second kappa shape index (κ2) is 6.05. The highest BCUT2D eigenvalue weighted by atomic mass is 16.2. The molecule has 1 aromatic rings. The van der Waals surface area contributed by atoms with Crippen LogP contribution in [0.1, 0.15) is 57.1 Å². The Morgan fingerprint density at radius 2 is 1.81 bits per heavy atom. The van der Waals surface area contributed by atoms with Crippen LogP contribution in [0.2, 0.25) is 0 Å². The molecule has 1 aliphatic heterocycles. The van der Waals surface area contributed by atoms with E-state index in [1.165, 1.54) is 37.7 Å². The third kappa shape index (κ3) is 2.76. The molecule has 112 valence electrons. The maximum absolute atomic E-state index is 12.6. The highest BCUT2D eigenvalue weighted by Crippen LogP contribution is 2.40. The summed E-state index contributed by atoms with van der Waals surface area (Å²) in [7, 11) is 0. The van der Waals surface area contributed by atoms with Crippen LogP contribution < -0.4 is 0 Å². The normalized spacial score (nSPS) is 25.4. The van der Waals surface area contributed by atoms with Gasteiger partial charge in [-0.05, 0) is 37.7 Å². The highest BCUT2D eigenvalue weighted by Gasteiger charge is 2.41. The van der Waals surface area contributed by atoms with Crippen molar-refractivity contribution in [3.8, 4) is 0 Å². The summed E-state index contributed by atoms with van der Waals surface area (Å²) in [5.74, 6) is 0.829. The summed E-state index contributed by atoms with van der Waals surface area (Å²) in [4.78, 5) is 14.7. The van der Waals surface area contributed by atoms with Crippen molar-refractivity contribution in [2.24, 2.45) is 5.92 Å². The highest BCUT2D eigenvalue weighted by molar-refractivity contribution is 5.95. The van der Waals surface area contributed by atoms with Gasteiger partial charge >= 0.3 is 0 Å². The quantitative estimate of drug-likeness (QED) is 0.749. The smallest absolute Gasteiger partial charge is 0.250 e. The average Bonchev–Trinajstić information content (AvgIpc) is 2.84. The van der Waals surface area contributed by atoms with Gasteiger partial charge in [0.15, 0.2) is 0 Å². The fourth-order valence-electron chi connectivity index (χ4n) is 4.04. The van der Waals surface area contributed by atoms with Crippen LogP contribution in [0, 0.1) is 5.92 Å². The summed E-state index contributed by atoms with van der Waals surface area (Å²) < 4.78 is 0. The lowest BCUT2D eigenvalue weighted by Gasteiger charge is -2.37. The number of nitrogens with zero attached hydrogens (tertiary/aromatic N) is 1. The first-order valence-electron chi connectivity index (χ1n) is 8.24. The lowest BCUT2D eigenvalue weighted by Crippen LogP contribution is -2.40. The topological polar surface area (TPSA) is 20.3 Å². The lowest BCUT2D eigenvalue weighted by molar-refractivity contribution is -0.129. The number of rotatable bonds is 3. The molecule has 1 amide bonds. The Morgan fingerprint density at radius 3 is 2.48 bits per heavy atom. The van der Waals surface area contributed by atoms with Crippen LogP contribution in [0.4, 0.5) is 0 Å². The van der Waals surface area contributed by atoms with E-state index in [-0.39, 0.29) is 11.9 Å². The molecule has 2 heteroatoms. The molecule has 2 fully saturated rings. The summed E-state index contributed by atoms with van der Waals surface area (Å²) in [6.45, 7) is 6.17. The van der Waals surface area contributed by atoms with Gasteiger partial charge in [-0.3, -0.25) is 4.79 Å². The van der Waals surface area contributed by atoms with Gasteiger partial charge < -0.3 is 4.90 Å². The van der Waals surface area contributed by atoms with Gasteiger partial charge in [0.1, 0.15) is 0 Å². The maximum atomic E-state index is 12.6. The Labute approximate surface area is 127 Å². The van der Waals surface area contributed by atoms with Crippen molar-refractivity contribution in [3.63, 3.8) is 0 Å². The van der Waals surface area contributed by atoms with Crippen LogP contribution in [0.3, 0.4) is 0 Å². The summed E-state index contributed by atoms with van der Waals surface area (Å²) in [6.07, 6.45) is 7.38. The van der Waals surface area contributed by atoms with E-state index in [0.29, 0.717) is 12.0 Å². The molecule has 0 radical (unpaired) electrons. The molecule has 2 nitrogen and oxygen atoms in total. The van der Waals surface area contributed by atoms with Gasteiger partial charge in [-0.25, -0.2) is 0 Å². The number of hydrogen-bond acceptors (Lipinski definition) is 1. The zero-order valence-corrected chi connectivity index (χ0v) is 12.9. The Balaban J connectivity index is 1.85. The van der Waals surface area contributed by atoms with Crippen molar-refractivity contribution in [1.29, 1.82) is 0 Å². The van der Waals surface area contributed by atoms with Gasteiger partial charge in [0, 0.05) is 11.6 Å². The molecule has 0 spiro atoms. The van der Waals surface area contributed by atoms with Crippen molar-refractivity contribution in [2.45, 2.75) is 57.5 Å². The maximum Gasteiger partial charge on any atom is 0.250 e. The predicted octanol–water partition coefficient (Wildman–Crippen LogP) is 4.49. The first-order valence-corrected chi connectivity index (χ1v) is 8.24. The Morgan fingerprint density at radius 1 is 1.14 bits per heavy atom. The van der Waals surface area contributed by atoms with E-state index in [1.807, 2.05) is 6.07 Å². The molecule has 0 N–H and O–H groups in total. The average molecular weight is 283 g/mol. The Bertz CT molecular complexity index is 516. The molecule has 21 heavy (non-hydrogen) atoms. The van der Waals surface area contributed by atoms with Gasteiger partial charge in [0.05, 0.1) is 6.04 Å². The number of hydrogen-bond donors (Lipinski definition) is 0. The van der Waals surface area contributed by atoms with E-state index in [4.69, 9.17) is 0 Å². The number of benzene rings is 1. The van der Waals surface area contributed by atoms with Gasteiger partial charge in [-0.1, -0.05) is 56.2 Å². The lowest BCUT2D eigenvalue weighted by atomic mass is 9.82. The number of carbonyl (C=O) groups is 1. The largest absolute Gasteiger partial charge is 0.329 e. The molecule has 1 saturated carbocycles. The van der Waals surface area contributed by atoms with Crippen LogP contribution in [-0.2, 0) is 4.79 Å². The van der Waals surface area contributed by atoms with Crippen LogP contribution >= 0.6 is 0 Å². The van der Waals surface area contributed by atoms with Crippen LogP contribution in [-0.4, -0.2) is 16.8 Å². The molecule has 1 heterocycles. The molecule has 0 aromatic heterocycles. The minimum absolute atomic E-state index is 0.143. The number of carbonyl (C=O) groups excluding carboxylic acids is 1. The Hall–Kier alpha value is -1.57. The zero-order valence-electron chi connectivity index (χ0n) is 12.9. The van der Waals surface area contributed by atoms with Crippen LogP contribution in [0.5, 0.6) is 0 Å². The second-order valence-corrected chi connectivity index (χ2v) is 6.57. The molecule has 2 atom stereocenters. The van der Waals surface area contributed by atoms with Crippen molar-refractivity contribution in [1.82, 2.24) is 4.90 Å². The summed E-state index contributed by atoms with van der Waals surface area (Å²) >= 11 is 0. The molecular formula is C19H25NO. The molecule has 1 aromatic carbocycles. The van der Waals surface area contributed by atoms with E-state index < -0.39 is 0 Å². The molecular weight excluding hydrogens is 258 g/mol. The van der Waals surface area contributed by atoms with Gasteiger partial charge in [-0.2, -0.15) is 0 Å². The minimum atomic E-state index is 0.143. The number of amides is 1. The first kappa shape index (κ1) is 14.4. The predicted molar refractivity (Wildman–Crippen MR) is 85.8 cm³/mol. The third-order valence-corrected chi connectivity index (χ3v) is 5.24. The molecule has 3 rings (SSSR count). The Kier molecular flexibility index (Phi) is 4.14. The monoisotopic (exact) mass is 283 g/mol.